The summed E-state index contributed by atoms with van der Waals surface area (Å²) in [6, 6.07) is 10.3. The van der Waals surface area contributed by atoms with E-state index in [9.17, 15) is 9.59 Å². The molecule has 0 saturated heterocycles. The Hall–Kier alpha value is -3.22. The molecule has 0 aliphatic heterocycles. The predicted molar refractivity (Wildman–Crippen MR) is 103 cm³/mol. The molecule has 1 aromatic carbocycles. The van der Waals surface area contributed by atoms with Crippen LogP contribution in [0.4, 0.5) is 0 Å². The van der Waals surface area contributed by atoms with Crippen LogP contribution in [0.25, 0.3) is 11.3 Å². The molecular formula is C20H23N5O2. The number of carbonyl (C=O) groups excluding carboxylic acids is 1. The molecule has 0 bridgehead atoms. The quantitative estimate of drug-likeness (QED) is 0.726. The molecule has 0 unspecified atom stereocenters. The average molecular weight is 365 g/mol. The molecule has 0 atom stereocenters. The molecule has 3 rings (SSSR count). The molecule has 0 fully saturated rings. The maximum Gasteiger partial charge on any atom is 0.266 e. The minimum Gasteiger partial charge on any atom is -0.346 e. The van der Waals surface area contributed by atoms with Crippen LogP contribution in [0.15, 0.2) is 53.7 Å². The standard InChI is InChI=1S/C20H23N5O2/c1-14(2)12-25-13-21-10-17(25)11-22-20(27)16-6-4-5-15(9-16)18-7-8-19(26)24(3)23-18/h4-10,13-14H,11-12H2,1-3H3,(H,22,27). The Morgan fingerprint density at radius 1 is 1.22 bits per heavy atom. The Morgan fingerprint density at radius 3 is 2.78 bits per heavy atom. The maximum atomic E-state index is 12.6. The van der Waals surface area contributed by atoms with Crippen molar-refractivity contribution in [2.24, 2.45) is 13.0 Å². The zero-order valence-corrected chi connectivity index (χ0v) is 15.7. The fraction of sp³-hybridized carbons (Fsp3) is 0.300. The first kappa shape index (κ1) is 18.6. The van der Waals surface area contributed by atoms with E-state index in [2.05, 4.69) is 33.8 Å². The van der Waals surface area contributed by atoms with Gasteiger partial charge in [0.1, 0.15) is 0 Å². The van der Waals surface area contributed by atoms with Crippen molar-refractivity contribution in [1.82, 2.24) is 24.6 Å². The molecule has 1 amide bonds. The van der Waals surface area contributed by atoms with Crippen molar-refractivity contribution in [3.05, 3.63) is 70.5 Å². The SMILES string of the molecule is CC(C)Cn1cncc1CNC(=O)c1cccc(-c2ccc(=O)n(C)n2)c1. The normalized spacial score (nSPS) is 11.0. The summed E-state index contributed by atoms with van der Waals surface area (Å²) in [5, 5.41) is 7.17. The van der Waals surface area contributed by atoms with Gasteiger partial charge < -0.3 is 9.88 Å². The summed E-state index contributed by atoms with van der Waals surface area (Å²) >= 11 is 0. The third-order valence-corrected chi connectivity index (χ3v) is 4.17. The number of imidazole rings is 1. The molecule has 140 valence electrons. The number of hydrogen-bond acceptors (Lipinski definition) is 4. The lowest BCUT2D eigenvalue weighted by molar-refractivity contribution is 0.0950. The monoisotopic (exact) mass is 365 g/mol. The van der Waals surface area contributed by atoms with Crippen LogP contribution in [0.1, 0.15) is 29.9 Å². The highest BCUT2D eigenvalue weighted by molar-refractivity contribution is 5.95. The van der Waals surface area contributed by atoms with Crippen LogP contribution in [0.5, 0.6) is 0 Å². The lowest BCUT2D eigenvalue weighted by Gasteiger charge is -2.11. The number of aryl methyl sites for hydroxylation is 1. The van der Waals surface area contributed by atoms with Crippen molar-refractivity contribution in [2.75, 3.05) is 0 Å². The van der Waals surface area contributed by atoms with Crippen LogP contribution in [0.2, 0.25) is 0 Å². The van der Waals surface area contributed by atoms with Gasteiger partial charge in [0.25, 0.3) is 11.5 Å². The molecule has 7 nitrogen and oxygen atoms in total. The zero-order valence-electron chi connectivity index (χ0n) is 15.7. The van der Waals surface area contributed by atoms with Crippen molar-refractivity contribution in [3.8, 4) is 11.3 Å². The average Bonchev–Trinajstić information content (AvgIpc) is 3.08. The van der Waals surface area contributed by atoms with E-state index in [0.717, 1.165) is 17.8 Å². The van der Waals surface area contributed by atoms with E-state index in [0.29, 0.717) is 23.7 Å². The lowest BCUT2D eigenvalue weighted by Crippen LogP contribution is -2.24. The molecule has 27 heavy (non-hydrogen) atoms. The van der Waals surface area contributed by atoms with Crippen molar-refractivity contribution < 1.29 is 4.79 Å². The first-order valence-electron chi connectivity index (χ1n) is 8.86. The number of hydrogen-bond donors (Lipinski definition) is 1. The van der Waals surface area contributed by atoms with Gasteiger partial charge in [-0.2, -0.15) is 5.10 Å². The van der Waals surface area contributed by atoms with Crippen molar-refractivity contribution in [3.63, 3.8) is 0 Å². The molecule has 0 spiro atoms. The van der Waals surface area contributed by atoms with E-state index in [4.69, 9.17) is 0 Å². The Balaban J connectivity index is 1.73. The summed E-state index contributed by atoms with van der Waals surface area (Å²) in [5.41, 5.74) is 2.75. The minimum atomic E-state index is -0.175. The summed E-state index contributed by atoms with van der Waals surface area (Å²) in [6.45, 7) is 5.55. The minimum absolute atomic E-state index is 0.168. The first-order valence-corrected chi connectivity index (χ1v) is 8.86. The van der Waals surface area contributed by atoms with Gasteiger partial charge in [-0.1, -0.05) is 26.0 Å². The second-order valence-corrected chi connectivity index (χ2v) is 6.88. The van der Waals surface area contributed by atoms with Crippen molar-refractivity contribution >= 4 is 5.91 Å². The molecular weight excluding hydrogens is 342 g/mol. The molecule has 0 radical (unpaired) electrons. The van der Waals surface area contributed by atoms with Gasteiger partial charge in [0.05, 0.1) is 24.3 Å². The van der Waals surface area contributed by atoms with E-state index >= 15 is 0 Å². The predicted octanol–water partition coefficient (Wildman–Crippen LogP) is 2.23. The Bertz CT molecular complexity index is 1000. The zero-order chi connectivity index (χ0) is 19.4. The Morgan fingerprint density at radius 2 is 2.04 bits per heavy atom. The highest BCUT2D eigenvalue weighted by Crippen LogP contribution is 2.17. The summed E-state index contributed by atoms with van der Waals surface area (Å²) < 4.78 is 3.33. The van der Waals surface area contributed by atoms with Gasteiger partial charge in [-0.3, -0.25) is 9.59 Å². The van der Waals surface area contributed by atoms with Crippen LogP contribution in [-0.4, -0.2) is 25.2 Å². The molecule has 0 aliphatic rings. The van der Waals surface area contributed by atoms with Crippen LogP contribution in [-0.2, 0) is 20.1 Å². The summed E-state index contributed by atoms with van der Waals surface area (Å²) in [6.07, 6.45) is 3.56. The van der Waals surface area contributed by atoms with Crippen LogP contribution in [0, 0.1) is 5.92 Å². The number of benzene rings is 1. The number of amides is 1. The molecule has 3 aromatic rings. The number of rotatable bonds is 6. The maximum absolute atomic E-state index is 12.6. The highest BCUT2D eigenvalue weighted by Gasteiger charge is 2.10. The van der Waals surface area contributed by atoms with Gasteiger partial charge in [0.2, 0.25) is 0 Å². The number of carbonyl (C=O) groups is 1. The molecule has 0 aliphatic carbocycles. The van der Waals surface area contributed by atoms with Crippen molar-refractivity contribution in [1.29, 1.82) is 0 Å². The van der Waals surface area contributed by atoms with Gasteiger partial charge in [0.15, 0.2) is 0 Å². The topological polar surface area (TPSA) is 81.8 Å². The van der Waals surface area contributed by atoms with Gasteiger partial charge in [-0.25, -0.2) is 9.67 Å². The highest BCUT2D eigenvalue weighted by atomic mass is 16.1. The molecule has 2 aromatic heterocycles. The van der Waals surface area contributed by atoms with E-state index < -0.39 is 0 Å². The summed E-state index contributed by atoms with van der Waals surface area (Å²) in [7, 11) is 1.60. The third-order valence-electron chi connectivity index (χ3n) is 4.17. The van der Waals surface area contributed by atoms with E-state index in [1.807, 2.05) is 6.07 Å². The Kier molecular flexibility index (Phi) is 5.49. The molecule has 2 heterocycles. The van der Waals surface area contributed by atoms with Gasteiger partial charge in [-0.15, -0.1) is 0 Å². The first-order chi connectivity index (χ1) is 12.9. The van der Waals surface area contributed by atoms with E-state index in [1.165, 1.54) is 10.7 Å². The van der Waals surface area contributed by atoms with E-state index in [-0.39, 0.29) is 11.5 Å². The van der Waals surface area contributed by atoms with Gasteiger partial charge in [0, 0.05) is 37.0 Å². The molecule has 0 saturated carbocycles. The fourth-order valence-corrected chi connectivity index (χ4v) is 2.80. The van der Waals surface area contributed by atoms with Crippen LogP contribution in [0.3, 0.4) is 0 Å². The fourth-order valence-electron chi connectivity index (χ4n) is 2.80. The van der Waals surface area contributed by atoms with Gasteiger partial charge >= 0.3 is 0 Å². The van der Waals surface area contributed by atoms with Gasteiger partial charge in [-0.05, 0) is 24.1 Å². The molecule has 1 N–H and O–H groups in total. The number of nitrogens with zero attached hydrogens (tertiary/aromatic N) is 4. The second kappa shape index (κ2) is 7.99. The van der Waals surface area contributed by atoms with Crippen LogP contribution >= 0.6 is 0 Å². The summed E-state index contributed by atoms with van der Waals surface area (Å²) in [4.78, 5) is 28.2. The Labute approximate surface area is 157 Å². The van der Waals surface area contributed by atoms with E-state index in [1.54, 1.807) is 43.8 Å². The number of nitrogens with one attached hydrogen (secondary N) is 1. The largest absolute Gasteiger partial charge is 0.346 e. The third kappa shape index (κ3) is 4.49. The number of aromatic nitrogens is 4. The summed E-state index contributed by atoms with van der Waals surface area (Å²) in [5.74, 6) is 0.332. The van der Waals surface area contributed by atoms with Crippen molar-refractivity contribution in [2.45, 2.75) is 26.9 Å². The lowest BCUT2D eigenvalue weighted by atomic mass is 10.1. The molecule has 7 heteroatoms. The second-order valence-electron chi connectivity index (χ2n) is 6.88. The smallest absolute Gasteiger partial charge is 0.266 e. The van der Waals surface area contributed by atoms with Crippen LogP contribution < -0.4 is 10.9 Å².